The summed E-state index contributed by atoms with van der Waals surface area (Å²) >= 11 is 0. The fourth-order valence-electron chi connectivity index (χ4n) is 3.64. The normalized spacial score (nSPS) is 22.2. The number of aromatic nitrogens is 3. The third-order valence-electron chi connectivity index (χ3n) is 5.34. The van der Waals surface area contributed by atoms with Crippen molar-refractivity contribution in [2.24, 2.45) is 0 Å². The average molecular weight is 364 g/mol. The number of aromatic amines is 1. The zero-order chi connectivity index (χ0) is 18.4. The molecule has 1 aliphatic heterocycles. The Kier molecular flexibility index (Phi) is 3.82. The Bertz CT molecular complexity index is 1070. The Balaban J connectivity index is 1.39. The number of carbonyl (C=O) groups excluding carboxylic acids is 1. The lowest BCUT2D eigenvalue weighted by Crippen LogP contribution is -2.44. The summed E-state index contributed by atoms with van der Waals surface area (Å²) in [4.78, 5) is 28.2. The molecule has 2 aromatic heterocycles. The molecule has 1 aromatic carbocycles. The highest BCUT2D eigenvalue weighted by atomic mass is 16.5. The second-order valence-electron chi connectivity index (χ2n) is 7.28. The van der Waals surface area contributed by atoms with Crippen molar-refractivity contribution in [3.8, 4) is 0 Å². The fraction of sp³-hybridized carbons (Fsp3) is 0.350. The molecule has 2 fully saturated rings. The Morgan fingerprint density at radius 3 is 2.93 bits per heavy atom. The molecule has 0 bridgehead atoms. The van der Waals surface area contributed by atoms with Crippen molar-refractivity contribution < 1.29 is 9.53 Å². The molecule has 3 aromatic rings. The van der Waals surface area contributed by atoms with Crippen molar-refractivity contribution in [1.29, 1.82) is 0 Å². The summed E-state index contributed by atoms with van der Waals surface area (Å²) in [5.41, 5.74) is 2.27. The lowest BCUT2D eigenvalue weighted by molar-refractivity contribution is 0.0924. The lowest BCUT2D eigenvalue weighted by Gasteiger charge is -2.20. The first-order valence-electron chi connectivity index (χ1n) is 9.24. The van der Waals surface area contributed by atoms with E-state index < -0.39 is 0 Å². The van der Waals surface area contributed by atoms with E-state index in [1.165, 1.54) is 4.68 Å². The minimum Gasteiger partial charge on any atom is -0.377 e. The number of hydrogen-bond acceptors (Lipinski definition) is 4. The first kappa shape index (κ1) is 16.3. The first-order chi connectivity index (χ1) is 13.2. The number of benzene rings is 1. The van der Waals surface area contributed by atoms with E-state index >= 15 is 0 Å². The first-order valence-corrected chi connectivity index (χ1v) is 9.24. The van der Waals surface area contributed by atoms with Crippen LogP contribution in [0.3, 0.4) is 0 Å². The number of carbonyl (C=O) groups is 1. The maximum atomic E-state index is 12.7. The zero-order valence-electron chi connectivity index (χ0n) is 14.7. The van der Waals surface area contributed by atoms with Crippen molar-refractivity contribution in [3.63, 3.8) is 0 Å². The van der Waals surface area contributed by atoms with Crippen molar-refractivity contribution >= 4 is 16.8 Å². The lowest BCUT2D eigenvalue weighted by atomic mass is 10.1. The Morgan fingerprint density at radius 1 is 1.19 bits per heavy atom. The third kappa shape index (κ3) is 3.04. The Labute approximate surface area is 155 Å². The van der Waals surface area contributed by atoms with E-state index in [4.69, 9.17) is 4.74 Å². The molecule has 138 valence electrons. The van der Waals surface area contributed by atoms with Gasteiger partial charge in [-0.25, -0.2) is 4.68 Å². The number of nitrogens with zero attached hydrogens (tertiary/aromatic N) is 2. The molecule has 7 heteroatoms. The van der Waals surface area contributed by atoms with Crippen LogP contribution >= 0.6 is 0 Å². The topological polar surface area (TPSA) is 89.0 Å². The summed E-state index contributed by atoms with van der Waals surface area (Å²) in [6.07, 6.45) is 4.08. The Hall–Kier alpha value is -2.93. The van der Waals surface area contributed by atoms with Gasteiger partial charge in [-0.3, -0.25) is 9.59 Å². The van der Waals surface area contributed by atoms with Gasteiger partial charge in [0.1, 0.15) is 6.04 Å². The number of amides is 1. The van der Waals surface area contributed by atoms with Crippen molar-refractivity contribution in [3.05, 3.63) is 64.2 Å². The summed E-state index contributed by atoms with van der Waals surface area (Å²) in [6.45, 7) is 0.727. The van der Waals surface area contributed by atoms with Gasteiger partial charge >= 0.3 is 0 Å². The fourth-order valence-corrected chi connectivity index (χ4v) is 3.64. The van der Waals surface area contributed by atoms with Gasteiger partial charge in [-0.2, -0.15) is 5.10 Å². The number of nitrogens with one attached hydrogen (secondary N) is 2. The molecule has 5 rings (SSSR count). The molecule has 2 aliphatic rings. The quantitative estimate of drug-likeness (QED) is 0.741. The Morgan fingerprint density at radius 2 is 2.07 bits per heavy atom. The molecule has 1 saturated carbocycles. The van der Waals surface area contributed by atoms with Crippen LogP contribution in [0, 0.1) is 0 Å². The van der Waals surface area contributed by atoms with Crippen molar-refractivity contribution in [1.82, 2.24) is 20.1 Å². The summed E-state index contributed by atoms with van der Waals surface area (Å²) in [7, 11) is 0. The molecule has 1 amide bonds. The van der Waals surface area contributed by atoms with E-state index in [-0.39, 0.29) is 23.6 Å². The van der Waals surface area contributed by atoms with E-state index in [9.17, 15) is 9.59 Å². The molecule has 2 unspecified atom stereocenters. The smallest absolute Gasteiger partial charge is 0.267 e. The predicted octanol–water partition coefficient (Wildman–Crippen LogP) is 1.97. The van der Waals surface area contributed by atoms with Gasteiger partial charge in [-0.05, 0) is 42.5 Å². The number of hydrogen-bond donors (Lipinski definition) is 2. The SMILES string of the molecule is O=C(NC1COCC1n1nc(C2CC2)ccc1=O)c1ccc2cc[nH]c2c1. The number of H-pyrrole nitrogens is 1. The molecule has 7 nitrogen and oxygen atoms in total. The molecular weight excluding hydrogens is 344 g/mol. The van der Waals surface area contributed by atoms with Crippen molar-refractivity contribution in [2.75, 3.05) is 13.2 Å². The maximum absolute atomic E-state index is 12.7. The highest BCUT2D eigenvalue weighted by Crippen LogP contribution is 2.38. The summed E-state index contributed by atoms with van der Waals surface area (Å²) in [5.74, 6) is 0.276. The largest absolute Gasteiger partial charge is 0.377 e. The molecule has 1 aliphatic carbocycles. The molecule has 27 heavy (non-hydrogen) atoms. The standard InChI is InChI=1S/C20H20N4O3/c25-19-6-5-15(12-1-2-12)23-24(19)18-11-27-10-17(18)22-20(26)14-4-3-13-7-8-21-16(13)9-14/h3-9,12,17-18,21H,1-2,10-11H2,(H,22,26). The van der Waals surface area contributed by atoms with E-state index in [0.717, 1.165) is 29.4 Å². The molecule has 2 N–H and O–H groups in total. The minimum absolute atomic E-state index is 0.165. The maximum Gasteiger partial charge on any atom is 0.267 e. The molecule has 0 spiro atoms. The molecule has 3 heterocycles. The highest BCUT2D eigenvalue weighted by Gasteiger charge is 2.34. The number of rotatable bonds is 4. The van der Waals surface area contributed by atoms with E-state index in [1.807, 2.05) is 30.5 Å². The summed E-state index contributed by atoms with van der Waals surface area (Å²) in [5, 5.41) is 8.62. The molecule has 1 saturated heterocycles. The van der Waals surface area contributed by atoms with Gasteiger partial charge in [0.05, 0.1) is 24.9 Å². The van der Waals surface area contributed by atoms with Crippen LogP contribution in [0.1, 0.15) is 40.9 Å². The monoisotopic (exact) mass is 364 g/mol. The van der Waals surface area contributed by atoms with Gasteiger partial charge in [-0.1, -0.05) is 6.07 Å². The van der Waals surface area contributed by atoms with E-state index in [2.05, 4.69) is 15.4 Å². The summed E-state index contributed by atoms with van der Waals surface area (Å²) < 4.78 is 7.05. The van der Waals surface area contributed by atoms with Gasteiger partial charge < -0.3 is 15.0 Å². The zero-order valence-corrected chi connectivity index (χ0v) is 14.7. The molecule has 2 atom stereocenters. The van der Waals surface area contributed by atoms with Crippen LogP contribution in [0.15, 0.2) is 47.4 Å². The van der Waals surface area contributed by atoms with E-state index in [1.54, 1.807) is 12.1 Å². The van der Waals surface area contributed by atoms with Crippen molar-refractivity contribution in [2.45, 2.75) is 30.8 Å². The van der Waals surface area contributed by atoms with E-state index in [0.29, 0.717) is 24.7 Å². The van der Waals surface area contributed by atoms with Crippen LogP contribution in [0.25, 0.3) is 10.9 Å². The van der Waals surface area contributed by atoms with Crippen LogP contribution in [-0.4, -0.2) is 39.9 Å². The highest BCUT2D eigenvalue weighted by molar-refractivity contribution is 5.98. The van der Waals surface area contributed by atoms with Crippen LogP contribution in [0.4, 0.5) is 0 Å². The van der Waals surface area contributed by atoms with Crippen LogP contribution in [0.2, 0.25) is 0 Å². The second kappa shape index (κ2) is 6.35. The van der Waals surface area contributed by atoms with Crippen LogP contribution in [0.5, 0.6) is 0 Å². The van der Waals surface area contributed by atoms with Crippen LogP contribution < -0.4 is 10.9 Å². The van der Waals surface area contributed by atoms with Gasteiger partial charge in [0.2, 0.25) is 0 Å². The second-order valence-corrected chi connectivity index (χ2v) is 7.28. The van der Waals surface area contributed by atoms with Gasteiger partial charge in [0.25, 0.3) is 11.5 Å². The number of ether oxygens (including phenoxy) is 1. The van der Waals surface area contributed by atoms with Gasteiger partial charge in [0, 0.05) is 29.3 Å². The molecular formula is C20H20N4O3. The number of fused-ring (bicyclic) bond motifs is 1. The van der Waals surface area contributed by atoms with Gasteiger partial charge in [-0.15, -0.1) is 0 Å². The molecule has 0 radical (unpaired) electrons. The third-order valence-corrected chi connectivity index (χ3v) is 5.34. The summed E-state index contributed by atoms with van der Waals surface area (Å²) in [6, 6.07) is 10.3. The predicted molar refractivity (Wildman–Crippen MR) is 99.9 cm³/mol. The van der Waals surface area contributed by atoms with Crippen LogP contribution in [-0.2, 0) is 4.74 Å². The minimum atomic E-state index is -0.297. The average Bonchev–Trinajstić information content (AvgIpc) is 3.24. The van der Waals surface area contributed by atoms with Gasteiger partial charge in [0.15, 0.2) is 0 Å².